The average molecular weight is 473 g/mol. The molecule has 0 radical (unpaired) electrons. The van der Waals surface area contributed by atoms with Gasteiger partial charge in [-0.2, -0.15) is 26.9 Å². The molecule has 0 unspecified atom stereocenters. The van der Waals surface area contributed by atoms with Crippen LogP contribution in [-0.2, 0) is 14.9 Å². The lowest BCUT2D eigenvalue weighted by Gasteiger charge is -2.12. The summed E-state index contributed by atoms with van der Waals surface area (Å²) in [5.41, 5.74) is -4.49. The predicted molar refractivity (Wildman–Crippen MR) is 105 cm³/mol. The van der Waals surface area contributed by atoms with Crippen LogP contribution in [0.25, 0.3) is 16.6 Å². The first-order chi connectivity index (χ1) is 14.5. The second-order valence-corrected chi connectivity index (χ2v) is 8.02. The Balaban J connectivity index is 2.09. The molecule has 7 nitrogen and oxygen atoms in total. The number of esters is 1. The van der Waals surface area contributed by atoms with E-state index in [1.54, 1.807) is 19.1 Å². The highest BCUT2D eigenvalue weighted by Crippen LogP contribution is 2.37. The number of benzene rings is 2. The van der Waals surface area contributed by atoms with Gasteiger partial charge in [0.15, 0.2) is 5.75 Å². The van der Waals surface area contributed by atoms with Crippen molar-refractivity contribution in [2.24, 2.45) is 0 Å². The highest BCUT2D eigenvalue weighted by Gasteiger charge is 2.48. The van der Waals surface area contributed by atoms with Gasteiger partial charge in [0.1, 0.15) is 6.07 Å². The predicted octanol–water partition coefficient (Wildman–Crippen LogP) is 4.56. The van der Waals surface area contributed by atoms with Crippen LogP contribution in [-0.4, -0.2) is 31.1 Å². The summed E-state index contributed by atoms with van der Waals surface area (Å²) < 4.78 is 71.1. The first-order valence-electron chi connectivity index (χ1n) is 8.51. The van der Waals surface area contributed by atoms with Gasteiger partial charge in [0.05, 0.1) is 28.3 Å². The van der Waals surface area contributed by atoms with Crippen molar-refractivity contribution in [2.75, 3.05) is 6.61 Å². The largest absolute Gasteiger partial charge is 0.534 e. The molecule has 0 saturated carbocycles. The third kappa shape index (κ3) is 4.30. The monoisotopic (exact) mass is 472 g/mol. The van der Waals surface area contributed by atoms with Crippen LogP contribution in [0.2, 0.25) is 5.02 Å². The van der Waals surface area contributed by atoms with E-state index < -0.39 is 32.4 Å². The van der Waals surface area contributed by atoms with Crippen molar-refractivity contribution in [3.8, 4) is 17.5 Å². The Labute approximate surface area is 179 Å². The van der Waals surface area contributed by atoms with Crippen molar-refractivity contribution in [2.45, 2.75) is 12.4 Å². The molecule has 0 fully saturated rings. The molecule has 0 N–H and O–H groups in total. The summed E-state index contributed by atoms with van der Waals surface area (Å²) in [6.45, 7) is 1.88. The van der Waals surface area contributed by atoms with E-state index in [1.807, 2.05) is 6.07 Å². The van der Waals surface area contributed by atoms with E-state index in [1.165, 1.54) is 29.0 Å². The number of hydrogen-bond donors (Lipinski definition) is 0. The number of halogens is 4. The molecule has 0 amide bonds. The Bertz CT molecular complexity index is 1310. The Morgan fingerprint density at radius 3 is 2.42 bits per heavy atom. The number of hydrogen-bond acceptors (Lipinski definition) is 6. The standard InChI is InChI=1S/C19H12ClF3N2O5S/c1-2-29-18(26)11-3-5-13(6-4-11)25-10-12(9-24)14-7-17(15(20)8-16(14)25)30-31(27,28)19(21,22)23/h3-8,10H,2H2,1H3. The van der Waals surface area contributed by atoms with Crippen molar-refractivity contribution in [1.82, 2.24) is 4.57 Å². The molecule has 0 atom stereocenters. The van der Waals surface area contributed by atoms with Gasteiger partial charge in [0, 0.05) is 17.3 Å². The molecule has 0 aliphatic heterocycles. The zero-order chi connectivity index (χ0) is 23.0. The van der Waals surface area contributed by atoms with Crippen molar-refractivity contribution < 1.29 is 35.3 Å². The first kappa shape index (κ1) is 22.5. The number of nitrogens with zero attached hydrogens (tertiary/aromatic N) is 2. The molecule has 2 aromatic carbocycles. The molecular weight excluding hydrogens is 461 g/mol. The molecule has 12 heteroatoms. The van der Waals surface area contributed by atoms with Crippen LogP contribution in [0.15, 0.2) is 42.6 Å². The van der Waals surface area contributed by atoms with E-state index in [9.17, 15) is 31.6 Å². The van der Waals surface area contributed by atoms with Gasteiger partial charge in [-0.1, -0.05) is 11.6 Å². The van der Waals surface area contributed by atoms with Gasteiger partial charge in [-0.3, -0.25) is 0 Å². The van der Waals surface area contributed by atoms with Gasteiger partial charge < -0.3 is 13.5 Å². The topological polar surface area (TPSA) is 98.4 Å². The van der Waals surface area contributed by atoms with E-state index >= 15 is 0 Å². The number of fused-ring (bicyclic) bond motifs is 1. The Kier molecular flexibility index (Phi) is 5.89. The lowest BCUT2D eigenvalue weighted by atomic mass is 10.2. The molecular formula is C19H12ClF3N2O5S. The SMILES string of the molecule is CCOC(=O)c1ccc(-n2cc(C#N)c3cc(OS(=O)(=O)C(F)(F)F)c(Cl)cc32)cc1. The fourth-order valence-corrected chi connectivity index (χ4v) is 3.44. The maximum absolute atomic E-state index is 12.6. The average Bonchev–Trinajstić information content (AvgIpc) is 3.05. The second-order valence-electron chi connectivity index (χ2n) is 6.07. The van der Waals surface area contributed by atoms with Crippen LogP contribution in [0.3, 0.4) is 0 Å². The van der Waals surface area contributed by atoms with Crippen LogP contribution in [0.5, 0.6) is 5.75 Å². The number of carbonyl (C=O) groups excluding carboxylic acids is 1. The Morgan fingerprint density at radius 1 is 1.23 bits per heavy atom. The molecule has 3 aromatic rings. The van der Waals surface area contributed by atoms with E-state index in [2.05, 4.69) is 4.18 Å². The molecule has 0 spiro atoms. The summed E-state index contributed by atoms with van der Waals surface area (Å²) in [5.74, 6) is -1.28. The highest BCUT2D eigenvalue weighted by molar-refractivity contribution is 7.88. The number of aromatic nitrogens is 1. The molecule has 1 heterocycles. The maximum Gasteiger partial charge on any atom is 0.534 e. The van der Waals surface area contributed by atoms with Crippen molar-refractivity contribution >= 4 is 38.6 Å². The molecule has 0 saturated heterocycles. The van der Waals surface area contributed by atoms with Gasteiger partial charge in [-0.05, 0) is 43.3 Å². The molecule has 3 rings (SSSR count). The number of carbonyl (C=O) groups is 1. The lowest BCUT2D eigenvalue weighted by Crippen LogP contribution is -2.28. The summed E-state index contributed by atoms with van der Waals surface area (Å²) in [5, 5.41) is 9.11. The van der Waals surface area contributed by atoms with Crippen LogP contribution in [0.4, 0.5) is 13.2 Å². The smallest absolute Gasteiger partial charge is 0.462 e. The lowest BCUT2D eigenvalue weighted by molar-refractivity contribution is -0.0500. The van der Waals surface area contributed by atoms with Gasteiger partial charge >= 0.3 is 21.6 Å². The van der Waals surface area contributed by atoms with E-state index in [-0.39, 0.29) is 17.6 Å². The zero-order valence-electron chi connectivity index (χ0n) is 15.6. The first-order valence-corrected chi connectivity index (χ1v) is 10.3. The minimum Gasteiger partial charge on any atom is -0.462 e. The Hall–Kier alpha value is -3.23. The Morgan fingerprint density at radius 2 is 1.87 bits per heavy atom. The molecule has 0 aliphatic rings. The summed E-state index contributed by atoms with van der Waals surface area (Å²) >= 11 is 5.96. The highest BCUT2D eigenvalue weighted by atomic mass is 35.5. The summed E-state index contributed by atoms with van der Waals surface area (Å²) in [6, 6.07) is 10.1. The third-order valence-corrected chi connectivity index (χ3v) is 5.38. The summed E-state index contributed by atoms with van der Waals surface area (Å²) in [4.78, 5) is 11.8. The van der Waals surface area contributed by atoms with Crippen LogP contribution in [0.1, 0.15) is 22.8 Å². The molecule has 1 aromatic heterocycles. The normalized spacial score (nSPS) is 11.9. The maximum atomic E-state index is 12.6. The summed E-state index contributed by atoms with van der Waals surface area (Å²) in [6.07, 6.45) is 1.39. The number of alkyl halides is 3. The minimum absolute atomic E-state index is 0.0374. The van der Waals surface area contributed by atoms with Gasteiger partial charge in [0.25, 0.3) is 0 Å². The zero-order valence-corrected chi connectivity index (χ0v) is 17.2. The van der Waals surface area contributed by atoms with E-state index in [4.69, 9.17) is 16.3 Å². The number of ether oxygens (including phenoxy) is 1. The van der Waals surface area contributed by atoms with E-state index in [0.29, 0.717) is 16.8 Å². The molecule has 0 aliphatic carbocycles. The summed E-state index contributed by atoms with van der Waals surface area (Å²) in [7, 11) is -5.94. The molecule has 162 valence electrons. The van der Waals surface area contributed by atoms with Crippen LogP contribution >= 0.6 is 11.6 Å². The number of rotatable bonds is 5. The number of nitriles is 1. The van der Waals surface area contributed by atoms with Crippen molar-refractivity contribution in [3.05, 3.63) is 58.7 Å². The third-order valence-electron chi connectivity index (χ3n) is 4.12. The minimum atomic E-state index is -5.94. The van der Waals surface area contributed by atoms with Gasteiger partial charge in [-0.15, -0.1) is 0 Å². The molecule has 0 bridgehead atoms. The van der Waals surface area contributed by atoms with Crippen LogP contribution < -0.4 is 4.18 Å². The van der Waals surface area contributed by atoms with Crippen molar-refractivity contribution in [1.29, 1.82) is 5.26 Å². The van der Waals surface area contributed by atoms with Crippen LogP contribution in [0, 0.1) is 11.3 Å². The fraction of sp³-hybridized carbons (Fsp3) is 0.158. The molecule has 31 heavy (non-hydrogen) atoms. The fourth-order valence-electron chi connectivity index (χ4n) is 2.73. The van der Waals surface area contributed by atoms with Crippen molar-refractivity contribution in [3.63, 3.8) is 0 Å². The quantitative estimate of drug-likeness (QED) is 0.307. The van der Waals surface area contributed by atoms with E-state index in [0.717, 1.165) is 6.07 Å². The van der Waals surface area contributed by atoms with Gasteiger partial charge in [-0.25, -0.2) is 4.79 Å². The second kappa shape index (κ2) is 8.13. The van der Waals surface area contributed by atoms with Gasteiger partial charge in [0.2, 0.25) is 0 Å².